The lowest BCUT2D eigenvalue weighted by Gasteiger charge is -2.16. The first-order chi connectivity index (χ1) is 7.22. The molecule has 0 amide bonds. The van der Waals surface area contributed by atoms with Gasteiger partial charge >= 0.3 is 0 Å². The van der Waals surface area contributed by atoms with Crippen molar-refractivity contribution in [2.45, 2.75) is 24.3 Å². The van der Waals surface area contributed by atoms with Gasteiger partial charge in [0, 0.05) is 6.42 Å². The van der Waals surface area contributed by atoms with Gasteiger partial charge in [0.05, 0.1) is 6.10 Å². The summed E-state index contributed by atoms with van der Waals surface area (Å²) in [7, 11) is 0. The first-order valence-corrected chi connectivity index (χ1v) is 4.13. The largest absolute Gasteiger partial charge is 0.345 e. The lowest BCUT2D eigenvalue weighted by molar-refractivity contribution is 0.0398. The summed E-state index contributed by atoms with van der Waals surface area (Å²) in [5.74, 6) is 0. The average Bonchev–Trinajstić information content (AvgIpc) is 2.58. The van der Waals surface area contributed by atoms with Gasteiger partial charge < -0.3 is 4.74 Å². The van der Waals surface area contributed by atoms with Gasteiger partial charge in [-0.1, -0.05) is 15.5 Å². The van der Waals surface area contributed by atoms with E-state index >= 15 is 0 Å². The van der Waals surface area contributed by atoms with Crippen LogP contribution < -0.4 is 0 Å². The monoisotopic (exact) mass is 216 g/mol. The van der Waals surface area contributed by atoms with E-state index in [1.165, 1.54) is 0 Å². The zero-order chi connectivity index (χ0) is 11.3. The normalized spacial score (nSPS) is 34.7. The Morgan fingerprint density at radius 2 is 1.93 bits per heavy atom. The van der Waals surface area contributed by atoms with Crippen molar-refractivity contribution >= 4 is 0 Å². The lowest BCUT2D eigenvalue weighted by Crippen LogP contribution is -2.37. The zero-order valence-electron chi connectivity index (χ0n) is 7.61. The molecule has 1 fully saturated rings. The molecule has 0 saturated carbocycles. The van der Waals surface area contributed by atoms with Gasteiger partial charge in [0.15, 0.2) is 5.54 Å². The molecule has 0 bridgehead atoms. The van der Waals surface area contributed by atoms with Gasteiger partial charge in [-0.3, -0.25) is 0 Å². The number of rotatable bonds is 6. The number of hydrogen-bond donors (Lipinski definition) is 0. The van der Waals surface area contributed by atoms with E-state index < -0.39 is 24.4 Å². The molecule has 0 aromatic rings. The predicted molar refractivity (Wildman–Crippen MR) is 48.9 cm³/mol. The molecule has 1 heterocycles. The van der Waals surface area contributed by atoms with Gasteiger partial charge in [-0.15, -0.1) is 9.81 Å². The molecule has 1 rings (SSSR count). The Kier molecular flexibility index (Phi) is 3.61. The highest BCUT2D eigenvalue weighted by atomic mass is 16.5. The van der Waals surface area contributed by atoms with Crippen LogP contribution in [0.5, 0.6) is 0 Å². The van der Waals surface area contributed by atoms with Crippen molar-refractivity contribution in [1.29, 1.82) is 0 Å². The smallest absolute Gasteiger partial charge is 0.220 e. The summed E-state index contributed by atoms with van der Waals surface area (Å²) >= 11 is 0. The van der Waals surface area contributed by atoms with Gasteiger partial charge in [-0.05, 0) is 5.18 Å². The Morgan fingerprint density at radius 3 is 2.40 bits per heavy atom. The van der Waals surface area contributed by atoms with Gasteiger partial charge in [0.1, 0.15) is 13.1 Å². The van der Waals surface area contributed by atoms with Crippen molar-refractivity contribution in [3.05, 3.63) is 19.6 Å². The molecule has 3 unspecified atom stereocenters. The standard InChI is InChI=1S/C6H8N4O5/c11-7-2-4-1-6(10-14,3-8-12)5(9-13)15-4/h4-5H,1-3H2. The summed E-state index contributed by atoms with van der Waals surface area (Å²) in [5.41, 5.74) is -1.58. The van der Waals surface area contributed by atoms with Gasteiger partial charge in [0.2, 0.25) is 6.23 Å². The van der Waals surface area contributed by atoms with Crippen LogP contribution in [-0.2, 0) is 4.74 Å². The highest BCUT2D eigenvalue weighted by Crippen LogP contribution is 2.35. The maximum absolute atomic E-state index is 10.6. The fourth-order valence-corrected chi connectivity index (χ4v) is 1.53. The third-order valence-corrected chi connectivity index (χ3v) is 2.26. The SMILES string of the molecule is O=NCC1CC(CN=O)(N=O)C(N=O)O1. The summed E-state index contributed by atoms with van der Waals surface area (Å²) < 4.78 is 4.94. The molecular weight excluding hydrogens is 208 g/mol. The van der Waals surface area contributed by atoms with Crippen LogP contribution in [0.25, 0.3) is 0 Å². The molecule has 0 spiro atoms. The third kappa shape index (κ3) is 2.06. The molecule has 0 aromatic carbocycles. The second kappa shape index (κ2) is 4.73. The molecular formula is C6H8N4O5. The number of nitrogens with zero attached hydrogens (tertiary/aromatic N) is 4. The summed E-state index contributed by atoms with van der Waals surface area (Å²) in [6, 6.07) is 0. The molecule has 9 heteroatoms. The number of ether oxygens (including phenoxy) is 1. The second-order valence-electron chi connectivity index (χ2n) is 3.21. The molecule has 0 aromatic heterocycles. The Bertz CT molecular complexity index is 285. The summed E-state index contributed by atoms with van der Waals surface area (Å²) in [6.45, 7) is -0.718. The van der Waals surface area contributed by atoms with Crippen molar-refractivity contribution in [3.63, 3.8) is 0 Å². The van der Waals surface area contributed by atoms with Crippen LogP contribution in [0.1, 0.15) is 6.42 Å². The van der Waals surface area contributed by atoms with Crippen molar-refractivity contribution in [3.8, 4) is 0 Å². The predicted octanol–water partition coefficient (Wildman–Crippen LogP) is 0.906. The minimum Gasteiger partial charge on any atom is -0.345 e. The highest BCUT2D eigenvalue weighted by Gasteiger charge is 2.52. The third-order valence-electron chi connectivity index (χ3n) is 2.26. The maximum atomic E-state index is 10.6. The van der Waals surface area contributed by atoms with Crippen LogP contribution in [0.4, 0.5) is 0 Å². The number of nitroso groups, excluding NO2 is 4. The van der Waals surface area contributed by atoms with E-state index in [1.807, 2.05) is 0 Å². The molecule has 9 nitrogen and oxygen atoms in total. The van der Waals surface area contributed by atoms with E-state index in [4.69, 9.17) is 4.74 Å². The zero-order valence-corrected chi connectivity index (χ0v) is 7.61. The summed E-state index contributed by atoms with van der Waals surface area (Å²) in [4.78, 5) is 41.1. The Labute approximate surface area is 83.5 Å². The number of hydrogen-bond acceptors (Lipinski definition) is 9. The Balaban J connectivity index is 2.84. The van der Waals surface area contributed by atoms with E-state index in [-0.39, 0.29) is 13.0 Å². The summed E-state index contributed by atoms with van der Waals surface area (Å²) in [5, 5.41) is 10.3. The molecule has 0 radical (unpaired) electrons. The molecule has 82 valence electrons. The van der Waals surface area contributed by atoms with Crippen LogP contribution in [0.2, 0.25) is 0 Å². The van der Waals surface area contributed by atoms with E-state index in [2.05, 4.69) is 20.7 Å². The lowest BCUT2D eigenvalue weighted by atomic mass is 9.95. The van der Waals surface area contributed by atoms with Gasteiger partial charge in [0.25, 0.3) is 0 Å². The highest BCUT2D eigenvalue weighted by molar-refractivity contribution is 5.03. The quantitative estimate of drug-likeness (QED) is 0.609. The minimum atomic E-state index is -1.58. The molecule has 0 aliphatic carbocycles. The van der Waals surface area contributed by atoms with Crippen molar-refractivity contribution in [2.75, 3.05) is 13.1 Å². The van der Waals surface area contributed by atoms with Crippen molar-refractivity contribution in [1.82, 2.24) is 0 Å². The van der Waals surface area contributed by atoms with Gasteiger partial charge in [-0.2, -0.15) is 9.81 Å². The molecule has 3 atom stereocenters. The molecule has 1 aliphatic heterocycles. The minimum absolute atomic E-state index is 0.0512. The average molecular weight is 216 g/mol. The van der Waals surface area contributed by atoms with Crippen LogP contribution in [0, 0.1) is 19.6 Å². The first-order valence-electron chi connectivity index (χ1n) is 4.13. The topological polar surface area (TPSA) is 127 Å². The van der Waals surface area contributed by atoms with E-state index in [0.717, 1.165) is 0 Å². The van der Waals surface area contributed by atoms with Crippen molar-refractivity contribution in [2.24, 2.45) is 20.7 Å². The second-order valence-corrected chi connectivity index (χ2v) is 3.21. The fraction of sp³-hybridized carbons (Fsp3) is 1.00. The Hall–Kier alpha value is -1.64. The maximum Gasteiger partial charge on any atom is 0.220 e. The van der Waals surface area contributed by atoms with E-state index in [1.54, 1.807) is 0 Å². The van der Waals surface area contributed by atoms with E-state index in [0.29, 0.717) is 0 Å². The van der Waals surface area contributed by atoms with Crippen molar-refractivity contribution < 1.29 is 4.74 Å². The fourth-order valence-electron chi connectivity index (χ4n) is 1.53. The van der Waals surface area contributed by atoms with Crippen LogP contribution in [-0.4, -0.2) is 31.0 Å². The van der Waals surface area contributed by atoms with E-state index in [9.17, 15) is 19.6 Å². The van der Waals surface area contributed by atoms with Crippen LogP contribution >= 0.6 is 0 Å². The Morgan fingerprint density at radius 1 is 1.20 bits per heavy atom. The molecule has 15 heavy (non-hydrogen) atoms. The molecule has 0 N–H and O–H groups in total. The first kappa shape index (κ1) is 11.4. The molecule has 1 aliphatic rings. The summed E-state index contributed by atoms with van der Waals surface area (Å²) in [6.07, 6.45) is -2.14. The molecule has 1 saturated heterocycles. The van der Waals surface area contributed by atoms with Crippen LogP contribution in [0.15, 0.2) is 20.7 Å². The van der Waals surface area contributed by atoms with Gasteiger partial charge in [-0.25, -0.2) is 0 Å². The van der Waals surface area contributed by atoms with Crippen LogP contribution in [0.3, 0.4) is 0 Å².